The van der Waals surface area contributed by atoms with Crippen LogP contribution in [-0.2, 0) is 33.7 Å². The molecule has 0 fully saturated rings. The Labute approximate surface area is 187 Å². The summed E-state index contributed by atoms with van der Waals surface area (Å²) in [7, 11) is 5.06. The lowest BCUT2D eigenvalue weighted by atomic mass is 9.96. The molecule has 0 radical (unpaired) electrons. The molecule has 5 rings (SSSR count). The van der Waals surface area contributed by atoms with Gasteiger partial charge in [-0.15, -0.1) is 0 Å². The highest BCUT2D eigenvalue weighted by Crippen LogP contribution is 2.38. The fourth-order valence-corrected chi connectivity index (χ4v) is 4.68. The Morgan fingerprint density at radius 3 is 2.58 bits per heavy atom. The first-order chi connectivity index (χ1) is 15.6. The molecule has 8 nitrogen and oxygen atoms in total. The molecule has 5 heterocycles. The number of pyridine rings is 1. The SMILES string of the molecule is CC1c2nn(C)c(-c3cc(C(F)(F)F)nn3C)c2CCN1C(=O)c1ccnc2c1ccn2C. The maximum Gasteiger partial charge on any atom is 0.435 e. The van der Waals surface area contributed by atoms with Crippen molar-refractivity contribution in [3.8, 4) is 11.4 Å². The van der Waals surface area contributed by atoms with Crippen LogP contribution in [-0.4, -0.2) is 46.5 Å². The van der Waals surface area contributed by atoms with Crippen molar-refractivity contribution in [2.24, 2.45) is 21.1 Å². The third-order valence-electron chi connectivity index (χ3n) is 6.31. The summed E-state index contributed by atoms with van der Waals surface area (Å²) in [4.78, 5) is 19.6. The second-order valence-electron chi connectivity index (χ2n) is 8.32. The first-order valence-electron chi connectivity index (χ1n) is 10.5. The molecule has 0 aromatic carbocycles. The molecule has 4 aromatic heterocycles. The smallest absolute Gasteiger partial charge is 0.336 e. The topological polar surface area (TPSA) is 73.8 Å². The molecule has 0 aliphatic carbocycles. The van der Waals surface area contributed by atoms with Gasteiger partial charge < -0.3 is 9.47 Å². The van der Waals surface area contributed by atoms with Gasteiger partial charge in [-0.3, -0.25) is 14.2 Å². The summed E-state index contributed by atoms with van der Waals surface area (Å²) in [5.41, 5.74) is 2.79. The summed E-state index contributed by atoms with van der Waals surface area (Å²) >= 11 is 0. The molecule has 1 amide bonds. The largest absolute Gasteiger partial charge is 0.435 e. The van der Waals surface area contributed by atoms with Crippen molar-refractivity contribution in [1.29, 1.82) is 0 Å². The lowest BCUT2D eigenvalue weighted by Crippen LogP contribution is -2.39. The molecule has 4 aromatic rings. The Hall–Kier alpha value is -3.63. The summed E-state index contributed by atoms with van der Waals surface area (Å²) in [5, 5.41) is 9.01. The third kappa shape index (κ3) is 3.21. The van der Waals surface area contributed by atoms with Crippen LogP contribution < -0.4 is 0 Å². The van der Waals surface area contributed by atoms with Gasteiger partial charge in [0.15, 0.2) is 5.69 Å². The van der Waals surface area contributed by atoms with Crippen LogP contribution in [0.15, 0.2) is 30.6 Å². The van der Waals surface area contributed by atoms with E-state index in [1.165, 1.54) is 11.7 Å². The molecule has 1 atom stereocenters. The minimum atomic E-state index is -4.53. The van der Waals surface area contributed by atoms with Crippen molar-refractivity contribution in [1.82, 2.24) is 34.0 Å². The van der Waals surface area contributed by atoms with Gasteiger partial charge in [-0.2, -0.15) is 23.4 Å². The molecule has 172 valence electrons. The Kier molecular flexibility index (Phi) is 4.62. The number of hydrogen-bond acceptors (Lipinski definition) is 4. The molecule has 33 heavy (non-hydrogen) atoms. The zero-order valence-electron chi connectivity index (χ0n) is 18.6. The molecular weight excluding hydrogens is 435 g/mol. The molecule has 11 heteroatoms. The highest BCUT2D eigenvalue weighted by atomic mass is 19.4. The average molecular weight is 457 g/mol. The maximum absolute atomic E-state index is 13.5. The Morgan fingerprint density at radius 2 is 1.88 bits per heavy atom. The predicted octanol–water partition coefficient (Wildman–Crippen LogP) is 3.49. The van der Waals surface area contributed by atoms with Crippen molar-refractivity contribution < 1.29 is 18.0 Å². The number of amides is 1. The van der Waals surface area contributed by atoms with Crippen LogP contribution in [0.3, 0.4) is 0 Å². The van der Waals surface area contributed by atoms with Crippen LogP contribution in [0.4, 0.5) is 13.2 Å². The molecule has 0 spiro atoms. The zero-order valence-corrected chi connectivity index (χ0v) is 18.6. The monoisotopic (exact) mass is 457 g/mol. The summed E-state index contributed by atoms with van der Waals surface area (Å²) in [6.07, 6.45) is -0.571. The van der Waals surface area contributed by atoms with Gasteiger partial charge in [0.25, 0.3) is 5.91 Å². The number of aryl methyl sites for hydroxylation is 3. The first-order valence-corrected chi connectivity index (χ1v) is 10.5. The summed E-state index contributed by atoms with van der Waals surface area (Å²) < 4.78 is 44.2. The highest BCUT2D eigenvalue weighted by Gasteiger charge is 2.37. The normalized spacial score (nSPS) is 16.5. The van der Waals surface area contributed by atoms with Gasteiger partial charge in [-0.1, -0.05) is 0 Å². The third-order valence-corrected chi connectivity index (χ3v) is 6.31. The molecule has 1 aliphatic heterocycles. The van der Waals surface area contributed by atoms with E-state index in [1.807, 2.05) is 30.8 Å². The zero-order chi connectivity index (χ0) is 23.7. The van der Waals surface area contributed by atoms with Gasteiger partial charge >= 0.3 is 6.18 Å². The molecule has 1 aliphatic rings. The van der Waals surface area contributed by atoms with E-state index in [-0.39, 0.29) is 11.9 Å². The number of halogens is 3. The van der Waals surface area contributed by atoms with E-state index < -0.39 is 11.9 Å². The second kappa shape index (κ2) is 7.19. The van der Waals surface area contributed by atoms with Crippen LogP contribution in [0.2, 0.25) is 0 Å². The van der Waals surface area contributed by atoms with Crippen LogP contribution in [0.5, 0.6) is 0 Å². The Bertz CT molecular complexity index is 1400. The Balaban J connectivity index is 1.53. The van der Waals surface area contributed by atoms with Crippen molar-refractivity contribution in [2.45, 2.75) is 25.6 Å². The van der Waals surface area contributed by atoms with Crippen molar-refractivity contribution in [3.05, 3.63) is 53.1 Å². The number of fused-ring (bicyclic) bond motifs is 2. The Morgan fingerprint density at radius 1 is 1.12 bits per heavy atom. The van der Waals surface area contributed by atoms with Gasteiger partial charge in [0.1, 0.15) is 5.65 Å². The number of rotatable bonds is 2. The minimum Gasteiger partial charge on any atom is -0.336 e. The molecule has 0 bridgehead atoms. The van der Waals surface area contributed by atoms with Gasteiger partial charge in [-0.05, 0) is 31.5 Å². The van der Waals surface area contributed by atoms with Gasteiger partial charge in [0.05, 0.1) is 28.7 Å². The summed E-state index contributed by atoms with van der Waals surface area (Å²) in [5.74, 6) is -0.126. The lowest BCUT2D eigenvalue weighted by molar-refractivity contribution is -0.141. The summed E-state index contributed by atoms with van der Waals surface area (Å²) in [6.45, 7) is 2.31. The number of hydrogen-bond donors (Lipinski definition) is 0. The van der Waals surface area contributed by atoms with Gasteiger partial charge in [-0.25, -0.2) is 4.98 Å². The molecule has 0 saturated heterocycles. The highest BCUT2D eigenvalue weighted by molar-refractivity contribution is 6.05. The number of carbonyl (C=O) groups is 1. The minimum absolute atomic E-state index is 0.126. The van der Waals surface area contributed by atoms with Crippen molar-refractivity contribution in [2.75, 3.05) is 6.54 Å². The van der Waals surface area contributed by atoms with E-state index in [0.29, 0.717) is 35.6 Å². The van der Waals surface area contributed by atoms with E-state index in [2.05, 4.69) is 15.2 Å². The standard InChI is InChI=1S/C22H22F3N7O/c1-12-18-15(19(31(4)28-18)16-11-17(22(23,24)25)27-30(16)3)7-10-32(12)21(33)14-5-8-26-20-13(14)6-9-29(20)2/h5-6,8-9,11-12H,7,10H2,1-4H3. The van der Waals surface area contributed by atoms with E-state index in [4.69, 9.17) is 0 Å². The van der Waals surface area contributed by atoms with Crippen LogP contribution in [0, 0.1) is 0 Å². The maximum atomic E-state index is 13.5. The fourth-order valence-electron chi connectivity index (χ4n) is 4.68. The first kappa shape index (κ1) is 21.2. The molecule has 1 unspecified atom stereocenters. The number of nitrogens with zero attached hydrogens (tertiary/aromatic N) is 7. The molecule has 0 N–H and O–H groups in total. The summed E-state index contributed by atoms with van der Waals surface area (Å²) in [6, 6.07) is 4.28. The van der Waals surface area contributed by atoms with E-state index in [0.717, 1.165) is 22.7 Å². The lowest BCUT2D eigenvalue weighted by Gasteiger charge is -2.33. The average Bonchev–Trinajstić information content (AvgIpc) is 3.42. The quantitative estimate of drug-likeness (QED) is 0.462. The van der Waals surface area contributed by atoms with Crippen molar-refractivity contribution >= 4 is 16.9 Å². The van der Waals surface area contributed by atoms with E-state index in [1.54, 1.807) is 28.9 Å². The molecular formula is C22H22F3N7O. The van der Waals surface area contributed by atoms with Gasteiger partial charge in [0.2, 0.25) is 0 Å². The van der Waals surface area contributed by atoms with Crippen LogP contribution in [0.1, 0.15) is 40.3 Å². The number of carbonyl (C=O) groups excluding carboxylic acids is 1. The predicted molar refractivity (Wildman–Crippen MR) is 114 cm³/mol. The number of aromatic nitrogens is 6. The van der Waals surface area contributed by atoms with Gasteiger partial charge in [0, 0.05) is 51.0 Å². The van der Waals surface area contributed by atoms with Crippen LogP contribution >= 0.6 is 0 Å². The van der Waals surface area contributed by atoms with Crippen molar-refractivity contribution in [3.63, 3.8) is 0 Å². The van der Waals surface area contributed by atoms with E-state index >= 15 is 0 Å². The fraction of sp³-hybridized carbons (Fsp3) is 0.364. The van der Waals surface area contributed by atoms with Crippen LogP contribution in [0.25, 0.3) is 22.4 Å². The number of alkyl halides is 3. The molecule has 0 saturated carbocycles. The second-order valence-corrected chi connectivity index (χ2v) is 8.32. The van der Waals surface area contributed by atoms with E-state index in [9.17, 15) is 18.0 Å².